The van der Waals surface area contributed by atoms with Gasteiger partial charge in [-0.25, -0.2) is 0 Å². The van der Waals surface area contributed by atoms with E-state index in [1.807, 2.05) is 31.2 Å². The minimum absolute atomic E-state index is 0.0620. The van der Waals surface area contributed by atoms with E-state index in [0.29, 0.717) is 5.75 Å². The first kappa shape index (κ1) is 15.1. The molecule has 21 heavy (non-hydrogen) atoms. The van der Waals surface area contributed by atoms with Gasteiger partial charge in [-0.15, -0.1) is 0 Å². The average Bonchev–Trinajstić information content (AvgIpc) is 2.51. The molecule has 0 saturated carbocycles. The molecule has 0 aliphatic heterocycles. The van der Waals surface area contributed by atoms with Gasteiger partial charge in [0.1, 0.15) is 5.75 Å². The maximum absolute atomic E-state index is 11.8. The Balaban J connectivity index is 1.70. The second kappa shape index (κ2) is 7.47. The van der Waals surface area contributed by atoms with E-state index in [2.05, 4.69) is 16.9 Å². The third kappa shape index (κ3) is 4.95. The summed E-state index contributed by atoms with van der Waals surface area (Å²) in [4.78, 5) is 23.4. The lowest BCUT2D eigenvalue weighted by Crippen LogP contribution is -2.46. The predicted octanol–water partition coefficient (Wildman–Crippen LogP) is 1.88. The smallest absolute Gasteiger partial charge is 0.276 e. The molecule has 0 radical (unpaired) electrons. The number of hydrogen-bond acceptors (Lipinski definition) is 3. The summed E-state index contributed by atoms with van der Waals surface area (Å²) in [5.41, 5.74) is 5.89. The molecular formula is C16H20N2O3. The Morgan fingerprint density at radius 3 is 2.86 bits per heavy atom. The fourth-order valence-corrected chi connectivity index (χ4v) is 2.16. The molecule has 1 aromatic carbocycles. The lowest BCUT2D eigenvalue weighted by Gasteiger charge is -2.17. The summed E-state index contributed by atoms with van der Waals surface area (Å²) >= 11 is 0. The van der Waals surface area contributed by atoms with Crippen LogP contribution in [0, 0.1) is 12.8 Å². The number of ether oxygens (including phenoxy) is 1. The molecule has 0 bridgehead atoms. The van der Waals surface area contributed by atoms with Crippen LogP contribution in [0.4, 0.5) is 0 Å². The molecular weight excluding hydrogens is 268 g/mol. The highest BCUT2D eigenvalue weighted by molar-refractivity contribution is 5.84. The third-order valence-corrected chi connectivity index (χ3v) is 3.32. The summed E-state index contributed by atoms with van der Waals surface area (Å²) < 4.78 is 5.35. The molecule has 0 saturated heterocycles. The van der Waals surface area contributed by atoms with Crippen LogP contribution in [0.2, 0.25) is 0 Å². The van der Waals surface area contributed by atoms with Gasteiger partial charge in [0, 0.05) is 5.92 Å². The highest BCUT2D eigenvalue weighted by atomic mass is 16.5. The summed E-state index contributed by atoms with van der Waals surface area (Å²) in [6.07, 6.45) is 6.51. The van der Waals surface area contributed by atoms with Crippen LogP contribution < -0.4 is 15.6 Å². The Morgan fingerprint density at radius 2 is 2.14 bits per heavy atom. The maximum atomic E-state index is 11.8. The van der Waals surface area contributed by atoms with E-state index in [1.165, 1.54) is 0 Å². The molecule has 1 unspecified atom stereocenters. The highest BCUT2D eigenvalue weighted by Crippen LogP contribution is 2.17. The van der Waals surface area contributed by atoms with Crippen molar-refractivity contribution in [1.29, 1.82) is 0 Å². The number of allylic oxidation sites excluding steroid dienone is 2. The molecule has 1 aliphatic carbocycles. The first-order chi connectivity index (χ1) is 10.1. The van der Waals surface area contributed by atoms with Gasteiger partial charge in [-0.2, -0.15) is 0 Å². The molecule has 0 aromatic heterocycles. The summed E-state index contributed by atoms with van der Waals surface area (Å²) in [5.74, 6) is 0.0429. The normalized spacial score (nSPS) is 17.1. The fraction of sp³-hybridized carbons (Fsp3) is 0.375. The van der Waals surface area contributed by atoms with Crippen LogP contribution in [0.3, 0.4) is 0 Å². The zero-order valence-electron chi connectivity index (χ0n) is 12.1. The van der Waals surface area contributed by atoms with Crippen LogP contribution in [0.1, 0.15) is 24.8 Å². The van der Waals surface area contributed by atoms with Crippen molar-refractivity contribution in [2.45, 2.75) is 26.2 Å². The molecule has 5 heteroatoms. The van der Waals surface area contributed by atoms with Gasteiger partial charge >= 0.3 is 0 Å². The van der Waals surface area contributed by atoms with Gasteiger partial charge in [-0.1, -0.05) is 24.3 Å². The van der Waals surface area contributed by atoms with E-state index in [-0.39, 0.29) is 24.3 Å². The zero-order valence-corrected chi connectivity index (χ0v) is 12.1. The van der Waals surface area contributed by atoms with E-state index in [9.17, 15) is 9.59 Å². The molecule has 2 N–H and O–H groups in total. The van der Waals surface area contributed by atoms with Gasteiger partial charge in [-0.05, 0) is 43.9 Å². The van der Waals surface area contributed by atoms with Gasteiger partial charge < -0.3 is 4.74 Å². The van der Waals surface area contributed by atoms with Crippen molar-refractivity contribution in [2.24, 2.45) is 5.92 Å². The van der Waals surface area contributed by atoms with Gasteiger partial charge in [0.25, 0.3) is 5.91 Å². The second-order valence-corrected chi connectivity index (χ2v) is 5.12. The van der Waals surface area contributed by atoms with Gasteiger partial charge in [0.05, 0.1) is 0 Å². The van der Waals surface area contributed by atoms with Crippen molar-refractivity contribution in [3.63, 3.8) is 0 Å². The minimum Gasteiger partial charge on any atom is -0.484 e. The topological polar surface area (TPSA) is 67.4 Å². The molecule has 0 spiro atoms. The average molecular weight is 288 g/mol. The second-order valence-electron chi connectivity index (χ2n) is 5.12. The summed E-state index contributed by atoms with van der Waals surface area (Å²) in [6, 6.07) is 7.44. The van der Waals surface area contributed by atoms with E-state index >= 15 is 0 Å². The number of carbonyl (C=O) groups is 2. The summed E-state index contributed by atoms with van der Waals surface area (Å²) in [7, 11) is 0. The molecule has 0 fully saturated rings. The Morgan fingerprint density at radius 1 is 1.29 bits per heavy atom. The van der Waals surface area contributed by atoms with Crippen molar-refractivity contribution in [3.05, 3.63) is 42.0 Å². The van der Waals surface area contributed by atoms with Gasteiger partial charge in [0.2, 0.25) is 5.91 Å². The van der Waals surface area contributed by atoms with Crippen molar-refractivity contribution >= 4 is 11.8 Å². The minimum atomic E-state index is -0.379. The number of hydrazine groups is 1. The predicted molar refractivity (Wildman–Crippen MR) is 79.4 cm³/mol. The third-order valence-electron chi connectivity index (χ3n) is 3.32. The number of aryl methyl sites for hydroxylation is 1. The monoisotopic (exact) mass is 288 g/mol. The molecule has 5 nitrogen and oxygen atoms in total. The molecule has 112 valence electrons. The molecule has 0 heterocycles. The van der Waals surface area contributed by atoms with Crippen molar-refractivity contribution in [1.82, 2.24) is 10.9 Å². The van der Waals surface area contributed by atoms with Crippen LogP contribution in [-0.2, 0) is 9.59 Å². The number of carbonyl (C=O) groups excluding carboxylic acids is 2. The summed E-state index contributed by atoms with van der Waals surface area (Å²) in [5, 5.41) is 0. The Bertz CT molecular complexity index is 540. The van der Waals surface area contributed by atoms with Gasteiger partial charge in [0.15, 0.2) is 6.61 Å². The van der Waals surface area contributed by atoms with Crippen LogP contribution in [0.25, 0.3) is 0 Å². The standard InChI is InChI=1S/C16H20N2O3/c1-12-6-5-9-14(10-12)21-11-15(19)17-18-16(20)13-7-3-2-4-8-13/h2-3,5-6,9-10,13H,4,7-8,11H2,1H3,(H,17,19)(H,18,20). The Hall–Kier alpha value is -2.30. The molecule has 1 atom stereocenters. The number of benzene rings is 1. The largest absolute Gasteiger partial charge is 0.484 e. The SMILES string of the molecule is Cc1cccc(OCC(=O)NNC(=O)C2CC=CCC2)c1. The number of rotatable bonds is 4. The van der Waals surface area contributed by atoms with Crippen LogP contribution in [-0.4, -0.2) is 18.4 Å². The summed E-state index contributed by atoms with van der Waals surface area (Å²) in [6.45, 7) is 1.82. The van der Waals surface area contributed by atoms with E-state index in [1.54, 1.807) is 6.07 Å². The van der Waals surface area contributed by atoms with E-state index in [4.69, 9.17) is 4.74 Å². The first-order valence-electron chi connectivity index (χ1n) is 7.08. The van der Waals surface area contributed by atoms with Crippen LogP contribution in [0.15, 0.2) is 36.4 Å². The lowest BCUT2D eigenvalue weighted by atomic mass is 9.94. The van der Waals surface area contributed by atoms with Gasteiger partial charge in [-0.3, -0.25) is 20.4 Å². The maximum Gasteiger partial charge on any atom is 0.276 e. The number of amides is 2. The van der Waals surface area contributed by atoms with E-state index in [0.717, 1.165) is 24.8 Å². The lowest BCUT2D eigenvalue weighted by molar-refractivity contribution is -0.132. The molecule has 2 amide bonds. The number of hydrogen-bond donors (Lipinski definition) is 2. The molecule has 1 aliphatic rings. The quantitative estimate of drug-likeness (QED) is 0.656. The zero-order chi connectivity index (χ0) is 15.1. The molecule has 1 aromatic rings. The first-order valence-corrected chi connectivity index (χ1v) is 7.08. The van der Waals surface area contributed by atoms with E-state index < -0.39 is 0 Å². The Kier molecular flexibility index (Phi) is 5.37. The van der Waals surface area contributed by atoms with Crippen LogP contribution in [0.5, 0.6) is 5.75 Å². The van der Waals surface area contributed by atoms with Crippen molar-refractivity contribution in [2.75, 3.05) is 6.61 Å². The highest BCUT2D eigenvalue weighted by Gasteiger charge is 2.18. The Labute approximate surface area is 124 Å². The van der Waals surface area contributed by atoms with Crippen LogP contribution >= 0.6 is 0 Å². The number of nitrogens with one attached hydrogen (secondary N) is 2. The fourth-order valence-electron chi connectivity index (χ4n) is 2.16. The van der Waals surface area contributed by atoms with Crippen molar-refractivity contribution in [3.8, 4) is 5.75 Å². The molecule has 2 rings (SSSR count). The van der Waals surface area contributed by atoms with Crippen molar-refractivity contribution < 1.29 is 14.3 Å².